The van der Waals surface area contributed by atoms with Gasteiger partial charge in [0, 0.05) is 16.0 Å². The fourth-order valence-electron chi connectivity index (χ4n) is 2.50. The fraction of sp³-hybridized carbons (Fsp3) is 0.357. The molecular formula is C14H16Cl2N2S. The van der Waals surface area contributed by atoms with Gasteiger partial charge >= 0.3 is 0 Å². The molecule has 3 rings (SSSR count). The molecule has 0 amide bonds. The van der Waals surface area contributed by atoms with Gasteiger partial charge in [-0.25, -0.2) is 4.98 Å². The number of thiazole rings is 1. The molecule has 1 aromatic heterocycles. The van der Waals surface area contributed by atoms with E-state index in [1.54, 1.807) is 11.3 Å². The highest BCUT2D eigenvalue weighted by atomic mass is 35.5. The Morgan fingerprint density at radius 1 is 1.26 bits per heavy atom. The van der Waals surface area contributed by atoms with Gasteiger partial charge < -0.3 is 5.73 Å². The first-order valence-electron chi connectivity index (χ1n) is 6.18. The summed E-state index contributed by atoms with van der Waals surface area (Å²) in [6.07, 6.45) is 4.52. The first-order valence-corrected chi connectivity index (χ1v) is 7.44. The van der Waals surface area contributed by atoms with Crippen LogP contribution in [0.2, 0.25) is 5.02 Å². The van der Waals surface area contributed by atoms with Gasteiger partial charge in [-0.3, -0.25) is 0 Å². The van der Waals surface area contributed by atoms with E-state index in [0.717, 1.165) is 34.1 Å². The maximum absolute atomic E-state index is 6.42. The number of hydrogen-bond acceptors (Lipinski definition) is 3. The van der Waals surface area contributed by atoms with Gasteiger partial charge in [-0.2, -0.15) is 0 Å². The Bertz CT molecular complexity index is 562. The molecule has 0 atom stereocenters. The summed E-state index contributed by atoms with van der Waals surface area (Å²) in [7, 11) is 0. The largest absolute Gasteiger partial charge is 0.319 e. The number of nitrogens with two attached hydrogens (primary N) is 1. The van der Waals surface area contributed by atoms with Gasteiger partial charge in [-0.05, 0) is 25.0 Å². The quantitative estimate of drug-likeness (QED) is 0.878. The van der Waals surface area contributed by atoms with E-state index in [1.807, 2.05) is 24.3 Å². The maximum atomic E-state index is 6.42. The van der Waals surface area contributed by atoms with Crippen molar-refractivity contribution in [3.63, 3.8) is 0 Å². The molecule has 0 spiro atoms. The van der Waals surface area contributed by atoms with Gasteiger partial charge in [-0.15, -0.1) is 23.7 Å². The molecular weight excluding hydrogens is 299 g/mol. The molecule has 0 bridgehead atoms. The zero-order valence-corrected chi connectivity index (χ0v) is 12.8. The lowest BCUT2D eigenvalue weighted by molar-refractivity contribution is 0.459. The van der Waals surface area contributed by atoms with E-state index in [1.165, 1.54) is 12.8 Å². The van der Waals surface area contributed by atoms with Crippen molar-refractivity contribution in [2.45, 2.75) is 31.2 Å². The van der Waals surface area contributed by atoms with E-state index in [-0.39, 0.29) is 17.9 Å². The van der Waals surface area contributed by atoms with Crippen molar-refractivity contribution >= 4 is 35.3 Å². The van der Waals surface area contributed by atoms with Crippen LogP contribution >= 0.6 is 35.3 Å². The number of hydrogen-bond donors (Lipinski definition) is 1. The number of benzene rings is 1. The molecule has 1 heterocycles. The lowest BCUT2D eigenvalue weighted by atomic mass is 10.0. The SMILES string of the molecule is Cl.NC1(c2nc(-c3cccc(Cl)c3)cs2)CCCC1. The molecule has 1 aromatic carbocycles. The topological polar surface area (TPSA) is 38.9 Å². The number of halogens is 2. The lowest BCUT2D eigenvalue weighted by Gasteiger charge is -2.19. The van der Waals surface area contributed by atoms with Gasteiger partial charge in [0.25, 0.3) is 0 Å². The van der Waals surface area contributed by atoms with E-state index in [2.05, 4.69) is 5.38 Å². The van der Waals surface area contributed by atoms with E-state index in [9.17, 15) is 0 Å². The van der Waals surface area contributed by atoms with Crippen LogP contribution < -0.4 is 5.73 Å². The number of nitrogens with zero attached hydrogens (tertiary/aromatic N) is 1. The average molecular weight is 315 g/mol. The standard InChI is InChI=1S/C14H15ClN2S.ClH/c15-11-5-3-4-10(8-11)12-9-18-13(17-12)14(16)6-1-2-7-14;/h3-5,8-9H,1-2,6-7,16H2;1H. The van der Waals surface area contributed by atoms with E-state index >= 15 is 0 Å². The lowest BCUT2D eigenvalue weighted by Crippen LogP contribution is -2.32. The monoisotopic (exact) mass is 314 g/mol. The molecule has 19 heavy (non-hydrogen) atoms. The second-order valence-electron chi connectivity index (χ2n) is 4.91. The third-order valence-corrected chi connectivity index (χ3v) is 4.84. The normalized spacial score (nSPS) is 17.2. The van der Waals surface area contributed by atoms with Crippen molar-refractivity contribution in [2.75, 3.05) is 0 Å². The van der Waals surface area contributed by atoms with Gasteiger partial charge in [-0.1, -0.05) is 36.6 Å². The molecule has 0 saturated heterocycles. The molecule has 1 aliphatic carbocycles. The van der Waals surface area contributed by atoms with Crippen molar-refractivity contribution in [1.82, 2.24) is 4.98 Å². The summed E-state index contributed by atoms with van der Waals surface area (Å²) in [6, 6.07) is 7.80. The third-order valence-electron chi connectivity index (χ3n) is 3.55. The molecule has 2 nitrogen and oxygen atoms in total. The maximum Gasteiger partial charge on any atom is 0.113 e. The summed E-state index contributed by atoms with van der Waals surface area (Å²) in [5.41, 5.74) is 8.27. The van der Waals surface area contributed by atoms with Gasteiger partial charge in [0.05, 0.1) is 11.2 Å². The molecule has 1 saturated carbocycles. The third kappa shape index (κ3) is 2.95. The van der Waals surface area contributed by atoms with Crippen LogP contribution in [0.4, 0.5) is 0 Å². The van der Waals surface area contributed by atoms with Crippen LogP contribution in [-0.4, -0.2) is 4.98 Å². The summed E-state index contributed by atoms with van der Waals surface area (Å²) in [6.45, 7) is 0. The smallest absolute Gasteiger partial charge is 0.113 e. The summed E-state index contributed by atoms with van der Waals surface area (Å²) in [5, 5.41) is 3.88. The molecule has 0 unspecified atom stereocenters. The van der Waals surface area contributed by atoms with Crippen LogP contribution in [-0.2, 0) is 5.54 Å². The number of rotatable bonds is 2. The molecule has 2 N–H and O–H groups in total. The Hall–Kier alpha value is -0.610. The van der Waals surface area contributed by atoms with Crippen molar-refractivity contribution < 1.29 is 0 Å². The van der Waals surface area contributed by atoms with Crippen molar-refractivity contribution in [2.24, 2.45) is 5.73 Å². The van der Waals surface area contributed by atoms with Gasteiger partial charge in [0.1, 0.15) is 5.01 Å². The summed E-state index contributed by atoms with van der Waals surface area (Å²) in [4.78, 5) is 4.71. The van der Waals surface area contributed by atoms with Crippen molar-refractivity contribution in [3.05, 3.63) is 39.7 Å². The Morgan fingerprint density at radius 3 is 2.68 bits per heavy atom. The molecule has 0 aliphatic heterocycles. The predicted molar refractivity (Wildman–Crippen MR) is 84.1 cm³/mol. The molecule has 2 aromatic rings. The van der Waals surface area contributed by atoms with E-state index in [0.29, 0.717) is 0 Å². The molecule has 1 fully saturated rings. The Labute approximate surface area is 128 Å². The predicted octanol–water partition coefficient (Wildman–Crippen LogP) is 4.61. The van der Waals surface area contributed by atoms with Crippen molar-refractivity contribution in [3.8, 4) is 11.3 Å². The minimum absolute atomic E-state index is 0. The minimum atomic E-state index is -0.193. The second-order valence-corrected chi connectivity index (χ2v) is 6.21. The van der Waals surface area contributed by atoms with E-state index in [4.69, 9.17) is 22.3 Å². The zero-order chi connectivity index (χ0) is 12.6. The van der Waals surface area contributed by atoms with Crippen LogP contribution in [0.1, 0.15) is 30.7 Å². The fourth-order valence-corrected chi connectivity index (χ4v) is 3.69. The minimum Gasteiger partial charge on any atom is -0.319 e. The number of aromatic nitrogens is 1. The summed E-state index contributed by atoms with van der Waals surface area (Å²) < 4.78 is 0. The molecule has 1 aliphatic rings. The highest BCUT2D eigenvalue weighted by molar-refractivity contribution is 7.10. The van der Waals surface area contributed by atoms with Crippen molar-refractivity contribution in [1.29, 1.82) is 0 Å². The highest BCUT2D eigenvalue weighted by Crippen LogP contribution is 2.39. The summed E-state index contributed by atoms with van der Waals surface area (Å²) in [5.74, 6) is 0. The molecule has 102 valence electrons. The summed E-state index contributed by atoms with van der Waals surface area (Å²) >= 11 is 7.67. The molecule has 0 radical (unpaired) electrons. The second kappa shape index (κ2) is 5.80. The average Bonchev–Trinajstić information content (AvgIpc) is 2.98. The Morgan fingerprint density at radius 2 is 2.00 bits per heavy atom. The van der Waals surface area contributed by atoms with Gasteiger partial charge in [0.2, 0.25) is 0 Å². The van der Waals surface area contributed by atoms with Gasteiger partial charge in [0.15, 0.2) is 0 Å². The zero-order valence-electron chi connectivity index (χ0n) is 10.4. The van der Waals surface area contributed by atoms with E-state index < -0.39 is 0 Å². The van der Waals surface area contributed by atoms with Crippen LogP contribution in [0.15, 0.2) is 29.6 Å². The first-order chi connectivity index (χ1) is 8.67. The Kier molecular flexibility index (Phi) is 4.51. The van der Waals surface area contributed by atoms with Crippen LogP contribution in [0, 0.1) is 0 Å². The van der Waals surface area contributed by atoms with Crippen LogP contribution in [0.25, 0.3) is 11.3 Å². The van der Waals surface area contributed by atoms with Crippen LogP contribution in [0.5, 0.6) is 0 Å². The highest BCUT2D eigenvalue weighted by Gasteiger charge is 2.34. The molecule has 5 heteroatoms. The van der Waals surface area contributed by atoms with Crippen LogP contribution in [0.3, 0.4) is 0 Å². The first kappa shape index (κ1) is 14.8. The Balaban J connectivity index is 0.00000133.